The highest BCUT2D eigenvalue weighted by atomic mass is 16.1. The fourth-order valence-corrected chi connectivity index (χ4v) is 1.17. The number of hydrogen-bond donors (Lipinski definition) is 1. The van der Waals surface area contributed by atoms with E-state index in [0.29, 0.717) is 6.42 Å². The van der Waals surface area contributed by atoms with Crippen LogP contribution in [-0.2, 0) is 11.2 Å². The van der Waals surface area contributed by atoms with Crippen LogP contribution in [0.25, 0.3) is 0 Å². The quantitative estimate of drug-likeness (QED) is 0.693. The first-order valence-electron chi connectivity index (χ1n) is 4.20. The number of primary amides is 1. The Kier molecular flexibility index (Phi) is 3.26. The zero-order valence-corrected chi connectivity index (χ0v) is 7.44. The molecule has 0 radical (unpaired) electrons. The molecule has 1 unspecified atom stereocenters. The smallest absolute Gasteiger partial charge is 0.224 e. The molecule has 0 aliphatic rings. The summed E-state index contributed by atoms with van der Waals surface area (Å²) < 4.78 is 0. The largest absolute Gasteiger partial charge is 0.369 e. The minimum atomic E-state index is -0.321. The lowest BCUT2D eigenvalue weighted by molar-refractivity contribution is -0.120. The second kappa shape index (κ2) is 4.45. The van der Waals surface area contributed by atoms with Gasteiger partial charge in [0.1, 0.15) is 0 Å². The Morgan fingerprint density at radius 3 is 2.54 bits per heavy atom. The first-order chi connectivity index (χ1) is 6.24. The van der Waals surface area contributed by atoms with Crippen LogP contribution >= 0.6 is 0 Å². The molecule has 2 nitrogen and oxygen atoms in total. The molecule has 0 aromatic heterocycles. The second-order valence-corrected chi connectivity index (χ2v) is 2.93. The van der Waals surface area contributed by atoms with E-state index in [-0.39, 0.29) is 11.8 Å². The van der Waals surface area contributed by atoms with Crippen LogP contribution in [0.4, 0.5) is 0 Å². The van der Waals surface area contributed by atoms with Crippen molar-refractivity contribution in [1.29, 1.82) is 0 Å². The van der Waals surface area contributed by atoms with Gasteiger partial charge in [-0.1, -0.05) is 36.4 Å². The Morgan fingerprint density at radius 1 is 1.46 bits per heavy atom. The Hall–Kier alpha value is -1.57. The van der Waals surface area contributed by atoms with Crippen molar-refractivity contribution in [1.82, 2.24) is 0 Å². The molecule has 1 rings (SSSR count). The number of nitrogens with two attached hydrogens (primary N) is 1. The number of amides is 1. The zero-order chi connectivity index (χ0) is 9.68. The van der Waals surface area contributed by atoms with Crippen LogP contribution in [0.3, 0.4) is 0 Å². The normalized spacial score (nSPS) is 12.0. The number of carbonyl (C=O) groups is 1. The number of hydrogen-bond acceptors (Lipinski definition) is 1. The van der Waals surface area contributed by atoms with Gasteiger partial charge in [-0.15, -0.1) is 6.58 Å². The van der Waals surface area contributed by atoms with Crippen molar-refractivity contribution in [2.45, 2.75) is 6.42 Å². The molecule has 1 aromatic carbocycles. The maximum absolute atomic E-state index is 10.9. The molecule has 0 aliphatic carbocycles. The molecule has 2 N–H and O–H groups in total. The molecular weight excluding hydrogens is 162 g/mol. The standard InChI is InChI=1S/C11H13NO/c1-2-10(11(12)13)8-9-6-4-3-5-7-9/h2-7,10H,1,8H2,(H2,12,13). The molecule has 0 bridgehead atoms. The van der Waals surface area contributed by atoms with Crippen LogP contribution in [0, 0.1) is 5.92 Å². The highest BCUT2D eigenvalue weighted by molar-refractivity contribution is 5.78. The third kappa shape index (κ3) is 2.75. The van der Waals surface area contributed by atoms with Gasteiger partial charge >= 0.3 is 0 Å². The summed E-state index contributed by atoms with van der Waals surface area (Å²) in [6.07, 6.45) is 2.23. The molecule has 0 saturated heterocycles. The minimum absolute atomic E-state index is 0.262. The van der Waals surface area contributed by atoms with E-state index in [9.17, 15) is 4.79 Å². The predicted octanol–water partition coefficient (Wildman–Crippen LogP) is 1.52. The molecule has 1 amide bonds. The Morgan fingerprint density at radius 2 is 2.08 bits per heavy atom. The first-order valence-corrected chi connectivity index (χ1v) is 4.20. The molecular formula is C11H13NO. The zero-order valence-electron chi connectivity index (χ0n) is 7.44. The van der Waals surface area contributed by atoms with E-state index in [1.54, 1.807) is 6.08 Å². The number of carbonyl (C=O) groups excluding carboxylic acids is 1. The van der Waals surface area contributed by atoms with Crippen molar-refractivity contribution < 1.29 is 4.79 Å². The van der Waals surface area contributed by atoms with Crippen molar-refractivity contribution in [3.63, 3.8) is 0 Å². The Balaban J connectivity index is 2.67. The topological polar surface area (TPSA) is 43.1 Å². The monoisotopic (exact) mass is 175 g/mol. The lowest BCUT2D eigenvalue weighted by Gasteiger charge is -2.07. The summed E-state index contributed by atoms with van der Waals surface area (Å²) in [6, 6.07) is 9.77. The summed E-state index contributed by atoms with van der Waals surface area (Å²) in [7, 11) is 0. The van der Waals surface area contributed by atoms with Crippen molar-refractivity contribution in [3.05, 3.63) is 48.6 Å². The van der Waals surface area contributed by atoms with E-state index in [2.05, 4.69) is 6.58 Å². The molecule has 0 aliphatic heterocycles. The van der Waals surface area contributed by atoms with Gasteiger partial charge in [-0.25, -0.2) is 0 Å². The molecule has 2 heteroatoms. The lowest BCUT2D eigenvalue weighted by atomic mass is 9.99. The van der Waals surface area contributed by atoms with Gasteiger partial charge in [0.15, 0.2) is 0 Å². The van der Waals surface area contributed by atoms with Gasteiger partial charge in [0, 0.05) is 0 Å². The minimum Gasteiger partial charge on any atom is -0.369 e. The first kappa shape index (κ1) is 9.52. The Labute approximate surface area is 78.1 Å². The molecule has 0 heterocycles. The van der Waals surface area contributed by atoms with E-state index in [1.165, 1.54) is 0 Å². The van der Waals surface area contributed by atoms with Gasteiger partial charge < -0.3 is 5.73 Å². The van der Waals surface area contributed by atoms with Gasteiger partial charge in [0.25, 0.3) is 0 Å². The summed E-state index contributed by atoms with van der Waals surface area (Å²) in [6.45, 7) is 3.58. The van der Waals surface area contributed by atoms with Crippen molar-refractivity contribution in [2.75, 3.05) is 0 Å². The van der Waals surface area contributed by atoms with Crippen LogP contribution in [0.5, 0.6) is 0 Å². The summed E-state index contributed by atoms with van der Waals surface area (Å²) in [4.78, 5) is 10.9. The third-order valence-corrected chi connectivity index (χ3v) is 1.95. The third-order valence-electron chi connectivity index (χ3n) is 1.95. The average molecular weight is 175 g/mol. The van der Waals surface area contributed by atoms with Crippen LogP contribution in [0.1, 0.15) is 5.56 Å². The maximum atomic E-state index is 10.9. The van der Waals surface area contributed by atoms with Crippen LogP contribution in [0.15, 0.2) is 43.0 Å². The van der Waals surface area contributed by atoms with Crippen LogP contribution in [0.2, 0.25) is 0 Å². The lowest BCUT2D eigenvalue weighted by Crippen LogP contribution is -2.23. The van der Waals surface area contributed by atoms with Gasteiger partial charge in [-0.2, -0.15) is 0 Å². The van der Waals surface area contributed by atoms with Gasteiger partial charge in [-0.3, -0.25) is 4.79 Å². The summed E-state index contributed by atoms with van der Waals surface area (Å²) in [5.41, 5.74) is 6.29. The average Bonchev–Trinajstić information content (AvgIpc) is 2.15. The number of rotatable bonds is 4. The van der Waals surface area contributed by atoms with Crippen molar-refractivity contribution >= 4 is 5.91 Å². The molecule has 1 atom stereocenters. The molecule has 68 valence electrons. The Bertz CT molecular complexity index is 292. The van der Waals surface area contributed by atoms with E-state index < -0.39 is 0 Å². The van der Waals surface area contributed by atoms with Crippen molar-refractivity contribution in [2.24, 2.45) is 11.7 Å². The van der Waals surface area contributed by atoms with Crippen molar-refractivity contribution in [3.8, 4) is 0 Å². The maximum Gasteiger partial charge on any atom is 0.224 e. The van der Waals surface area contributed by atoms with E-state index in [4.69, 9.17) is 5.73 Å². The van der Waals surface area contributed by atoms with E-state index in [0.717, 1.165) is 5.56 Å². The van der Waals surface area contributed by atoms with Crippen LogP contribution in [-0.4, -0.2) is 5.91 Å². The highest BCUT2D eigenvalue weighted by Crippen LogP contribution is 2.08. The molecule has 1 aromatic rings. The van der Waals surface area contributed by atoms with E-state index >= 15 is 0 Å². The highest BCUT2D eigenvalue weighted by Gasteiger charge is 2.10. The molecule has 13 heavy (non-hydrogen) atoms. The second-order valence-electron chi connectivity index (χ2n) is 2.93. The van der Waals surface area contributed by atoms with Gasteiger partial charge in [0.05, 0.1) is 5.92 Å². The summed E-state index contributed by atoms with van der Waals surface area (Å²) >= 11 is 0. The molecule has 0 fully saturated rings. The molecule has 0 spiro atoms. The summed E-state index contributed by atoms with van der Waals surface area (Å²) in [5.74, 6) is -0.582. The summed E-state index contributed by atoms with van der Waals surface area (Å²) in [5, 5.41) is 0. The number of benzene rings is 1. The fourth-order valence-electron chi connectivity index (χ4n) is 1.17. The predicted molar refractivity (Wildman–Crippen MR) is 53.0 cm³/mol. The fraction of sp³-hybridized carbons (Fsp3) is 0.182. The van der Waals surface area contributed by atoms with E-state index in [1.807, 2.05) is 30.3 Å². The van der Waals surface area contributed by atoms with Gasteiger partial charge in [-0.05, 0) is 12.0 Å². The molecule has 0 saturated carbocycles. The van der Waals surface area contributed by atoms with Gasteiger partial charge in [0.2, 0.25) is 5.91 Å². The SMILES string of the molecule is C=CC(Cc1ccccc1)C(N)=O. The van der Waals surface area contributed by atoms with Crippen LogP contribution < -0.4 is 5.73 Å².